The highest BCUT2D eigenvalue weighted by Gasteiger charge is 2.14. The van der Waals surface area contributed by atoms with Crippen molar-refractivity contribution in [3.8, 4) is 0 Å². The number of aryl methyl sites for hydroxylation is 3. The van der Waals surface area contributed by atoms with Gasteiger partial charge in [-0.1, -0.05) is 29.4 Å². The summed E-state index contributed by atoms with van der Waals surface area (Å²) in [5, 5.41) is 7.90. The van der Waals surface area contributed by atoms with Crippen LogP contribution in [-0.4, -0.2) is 11.1 Å². The number of hydrogen-bond acceptors (Lipinski definition) is 3. The van der Waals surface area contributed by atoms with Gasteiger partial charge in [0, 0.05) is 11.1 Å². The predicted molar refractivity (Wildman–Crippen MR) is 87.0 cm³/mol. The number of anilines is 1. The first-order valence-corrected chi connectivity index (χ1v) is 7.25. The smallest absolute Gasteiger partial charge is 0.230 e. The Morgan fingerprint density at radius 3 is 2.68 bits per heavy atom. The summed E-state index contributed by atoms with van der Waals surface area (Å²) in [7, 11) is 0. The number of fused-ring (bicyclic) bond motifs is 1. The maximum Gasteiger partial charge on any atom is 0.230 e. The summed E-state index contributed by atoms with van der Waals surface area (Å²) in [6.45, 7) is 5.97. The molecule has 3 aromatic rings. The molecule has 2 aromatic carbocycles. The van der Waals surface area contributed by atoms with E-state index < -0.39 is 0 Å². The Morgan fingerprint density at radius 2 is 1.91 bits per heavy atom. The monoisotopic (exact) mass is 294 g/mol. The van der Waals surface area contributed by atoms with Gasteiger partial charge < -0.3 is 9.84 Å². The first kappa shape index (κ1) is 14.3. The predicted octanol–water partition coefficient (Wildman–Crippen LogP) is 3.93. The molecule has 0 aliphatic heterocycles. The highest BCUT2D eigenvalue weighted by Crippen LogP contribution is 2.24. The first-order chi connectivity index (χ1) is 10.5. The molecule has 0 spiro atoms. The van der Waals surface area contributed by atoms with Crippen LogP contribution in [0.25, 0.3) is 11.0 Å². The molecule has 1 amide bonds. The van der Waals surface area contributed by atoms with Crippen LogP contribution in [0.3, 0.4) is 0 Å². The van der Waals surface area contributed by atoms with E-state index in [4.69, 9.17) is 4.52 Å². The zero-order chi connectivity index (χ0) is 15.7. The number of nitrogens with zero attached hydrogens (tertiary/aromatic N) is 1. The Labute approximate surface area is 129 Å². The van der Waals surface area contributed by atoms with Crippen LogP contribution in [0, 0.1) is 20.8 Å². The molecule has 0 unspecified atom stereocenters. The van der Waals surface area contributed by atoms with E-state index in [9.17, 15) is 4.79 Å². The fraction of sp³-hybridized carbons (Fsp3) is 0.222. The van der Waals surface area contributed by atoms with E-state index in [1.165, 1.54) is 0 Å². The van der Waals surface area contributed by atoms with Gasteiger partial charge in [0.15, 0.2) is 5.58 Å². The molecule has 22 heavy (non-hydrogen) atoms. The molecule has 1 N–H and O–H groups in total. The van der Waals surface area contributed by atoms with Crippen LogP contribution in [0.5, 0.6) is 0 Å². The number of nitrogens with one attached hydrogen (secondary N) is 1. The van der Waals surface area contributed by atoms with Gasteiger partial charge in [0.25, 0.3) is 0 Å². The van der Waals surface area contributed by atoms with Gasteiger partial charge in [-0.15, -0.1) is 0 Å². The second kappa shape index (κ2) is 5.64. The maximum absolute atomic E-state index is 12.3. The van der Waals surface area contributed by atoms with Gasteiger partial charge in [0.2, 0.25) is 5.91 Å². The van der Waals surface area contributed by atoms with Crippen LogP contribution in [-0.2, 0) is 11.2 Å². The Hall–Kier alpha value is -2.62. The third-order valence-corrected chi connectivity index (χ3v) is 3.72. The Bertz CT molecular complexity index is 849. The van der Waals surface area contributed by atoms with Crippen molar-refractivity contribution >= 4 is 22.6 Å². The number of aromatic nitrogens is 1. The molecule has 4 nitrogen and oxygen atoms in total. The Balaban J connectivity index is 1.84. The second-order valence-electron chi connectivity index (χ2n) is 5.63. The fourth-order valence-electron chi connectivity index (χ4n) is 2.63. The van der Waals surface area contributed by atoms with E-state index in [2.05, 4.69) is 10.5 Å². The molecule has 0 saturated heterocycles. The summed E-state index contributed by atoms with van der Waals surface area (Å²) in [4.78, 5) is 12.3. The van der Waals surface area contributed by atoms with Crippen LogP contribution in [0.1, 0.15) is 22.4 Å². The Kier molecular flexibility index (Phi) is 3.67. The van der Waals surface area contributed by atoms with Gasteiger partial charge in [0.05, 0.1) is 6.42 Å². The lowest BCUT2D eigenvalue weighted by Gasteiger charge is -2.07. The van der Waals surface area contributed by atoms with Crippen LogP contribution >= 0.6 is 0 Å². The summed E-state index contributed by atoms with van der Waals surface area (Å²) in [6, 6.07) is 11.8. The molecular formula is C18H18N2O2. The summed E-state index contributed by atoms with van der Waals surface area (Å²) >= 11 is 0. The van der Waals surface area contributed by atoms with E-state index in [0.29, 0.717) is 5.69 Å². The molecule has 0 fully saturated rings. The molecule has 3 rings (SSSR count). The van der Waals surface area contributed by atoms with Crippen molar-refractivity contribution < 1.29 is 9.32 Å². The van der Waals surface area contributed by atoms with Gasteiger partial charge in [-0.3, -0.25) is 4.79 Å². The minimum Gasteiger partial charge on any atom is -0.356 e. The van der Waals surface area contributed by atoms with Crippen molar-refractivity contribution in [3.05, 3.63) is 58.8 Å². The van der Waals surface area contributed by atoms with Crippen LogP contribution < -0.4 is 5.32 Å². The van der Waals surface area contributed by atoms with Crippen molar-refractivity contribution in [1.82, 2.24) is 5.16 Å². The van der Waals surface area contributed by atoms with Crippen molar-refractivity contribution in [2.45, 2.75) is 27.2 Å². The topological polar surface area (TPSA) is 55.1 Å². The van der Waals surface area contributed by atoms with E-state index in [-0.39, 0.29) is 12.3 Å². The normalized spacial score (nSPS) is 10.9. The number of para-hydroxylation sites is 1. The lowest BCUT2D eigenvalue weighted by atomic mass is 10.1. The number of carbonyl (C=O) groups is 1. The highest BCUT2D eigenvalue weighted by molar-refractivity contribution is 5.95. The standard InChI is InChI=1S/C18H18N2O2/c1-11-8-13(3)18-14(9-11)16(20-22-18)10-17(21)19-15-7-5-4-6-12(15)2/h4-9H,10H2,1-3H3,(H,19,21). The van der Waals surface area contributed by atoms with Gasteiger partial charge in [-0.2, -0.15) is 0 Å². The lowest BCUT2D eigenvalue weighted by Crippen LogP contribution is -2.15. The van der Waals surface area contributed by atoms with Crippen LogP contribution in [0.15, 0.2) is 40.9 Å². The molecule has 0 atom stereocenters. The summed E-state index contributed by atoms with van der Waals surface area (Å²) in [6.07, 6.45) is 0.199. The number of amides is 1. The number of hydrogen-bond donors (Lipinski definition) is 1. The molecule has 0 bridgehead atoms. The molecule has 112 valence electrons. The highest BCUT2D eigenvalue weighted by atomic mass is 16.5. The second-order valence-corrected chi connectivity index (χ2v) is 5.63. The molecule has 1 aromatic heterocycles. The van der Waals surface area contributed by atoms with Gasteiger partial charge in [-0.25, -0.2) is 0 Å². The molecule has 0 saturated carbocycles. The van der Waals surface area contributed by atoms with Crippen molar-refractivity contribution in [2.24, 2.45) is 0 Å². The lowest BCUT2D eigenvalue weighted by molar-refractivity contribution is -0.115. The molecule has 0 aliphatic rings. The van der Waals surface area contributed by atoms with Gasteiger partial charge >= 0.3 is 0 Å². The largest absolute Gasteiger partial charge is 0.356 e. The fourth-order valence-corrected chi connectivity index (χ4v) is 2.63. The molecular weight excluding hydrogens is 276 g/mol. The summed E-state index contributed by atoms with van der Waals surface area (Å²) < 4.78 is 5.38. The average molecular weight is 294 g/mol. The van der Waals surface area contributed by atoms with Crippen molar-refractivity contribution in [1.29, 1.82) is 0 Å². The number of carbonyl (C=O) groups excluding carboxylic acids is 1. The zero-order valence-corrected chi connectivity index (χ0v) is 12.9. The van der Waals surface area contributed by atoms with Crippen LogP contribution in [0.2, 0.25) is 0 Å². The van der Waals surface area contributed by atoms with Crippen LogP contribution in [0.4, 0.5) is 5.69 Å². The molecule has 1 heterocycles. The summed E-state index contributed by atoms with van der Waals surface area (Å²) in [5.74, 6) is -0.0938. The number of rotatable bonds is 3. The summed E-state index contributed by atoms with van der Waals surface area (Å²) in [5.41, 5.74) is 5.46. The van der Waals surface area contributed by atoms with E-state index in [1.807, 2.05) is 57.2 Å². The first-order valence-electron chi connectivity index (χ1n) is 7.25. The maximum atomic E-state index is 12.3. The van der Waals surface area contributed by atoms with Gasteiger partial charge in [0.1, 0.15) is 5.69 Å². The minimum atomic E-state index is -0.0938. The molecule has 0 radical (unpaired) electrons. The Morgan fingerprint density at radius 1 is 1.14 bits per heavy atom. The number of benzene rings is 2. The van der Waals surface area contributed by atoms with E-state index in [0.717, 1.165) is 33.3 Å². The van der Waals surface area contributed by atoms with Crippen molar-refractivity contribution in [2.75, 3.05) is 5.32 Å². The molecule has 4 heteroatoms. The zero-order valence-electron chi connectivity index (χ0n) is 12.9. The van der Waals surface area contributed by atoms with E-state index >= 15 is 0 Å². The third-order valence-electron chi connectivity index (χ3n) is 3.72. The molecule has 0 aliphatic carbocycles. The quantitative estimate of drug-likeness (QED) is 0.796. The average Bonchev–Trinajstić information content (AvgIpc) is 2.85. The third kappa shape index (κ3) is 2.72. The minimum absolute atomic E-state index is 0.0938. The SMILES string of the molecule is Cc1cc(C)c2onc(CC(=O)Nc3ccccc3C)c2c1. The van der Waals surface area contributed by atoms with E-state index in [1.54, 1.807) is 0 Å². The van der Waals surface area contributed by atoms with Crippen molar-refractivity contribution in [3.63, 3.8) is 0 Å². The van der Waals surface area contributed by atoms with Gasteiger partial charge in [-0.05, 0) is 49.6 Å².